The molecule has 2 atom stereocenters. The summed E-state index contributed by atoms with van der Waals surface area (Å²) in [7, 11) is 1.28. The number of cyclic esters (lactones) is 1. The number of carbonyl (C=O) groups is 3. The topological polar surface area (TPSA) is 155 Å². The van der Waals surface area contributed by atoms with Crippen LogP contribution in [0, 0.1) is 0 Å². The molecule has 1 aliphatic heterocycles. The monoisotopic (exact) mass is 532 g/mol. The zero-order valence-electron chi connectivity index (χ0n) is 20.0. The van der Waals surface area contributed by atoms with E-state index in [1.807, 2.05) is 0 Å². The molecule has 4 rings (SSSR count). The molecule has 2 aromatic carbocycles. The minimum atomic E-state index is -4.63. The first-order chi connectivity index (χ1) is 17.9. The number of ketones is 1. The maximum absolute atomic E-state index is 13.5. The zero-order chi connectivity index (χ0) is 27.8. The number of H-pyrrole nitrogens is 1. The summed E-state index contributed by atoms with van der Waals surface area (Å²) < 4.78 is 45.7. The highest BCUT2D eigenvalue weighted by Crippen LogP contribution is 2.37. The molecule has 0 bridgehead atoms. The van der Waals surface area contributed by atoms with E-state index in [0.29, 0.717) is 5.39 Å². The number of pyridine rings is 1. The van der Waals surface area contributed by atoms with Gasteiger partial charge in [-0.2, -0.15) is 13.2 Å². The summed E-state index contributed by atoms with van der Waals surface area (Å²) in [5.41, 5.74) is 1.78. The van der Waals surface area contributed by atoms with E-state index in [1.54, 1.807) is 0 Å². The average molecular weight is 532 g/mol. The van der Waals surface area contributed by atoms with Crippen molar-refractivity contribution in [3.8, 4) is 11.3 Å². The number of rotatable bonds is 8. The minimum Gasteiger partial charge on any atom is -0.480 e. The lowest BCUT2D eigenvalue weighted by molar-refractivity contribution is -0.151. The van der Waals surface area contributed by atoms with Gasteiger partial charge in [-0.15, -0.1) is 0 Å². The molecule has 0 aliphatic carbocycles. The second-order valence-electron chi connectivity index (χ2n) is 8.74. The van der Waals surface area contributed by atoms with Gasteiger partial charge in [-0.1, -0.05) is 24.3 Å². The van der Waals surface area contributed by atoms with Crippen LogP contribution in [0.3, 0.4) is 0 Å². The van der Waals surface area contributed by atoms with Crippen LogP contribution >= 0.6 is 0 Å². The van der Waals surface area contributed by atoms with Crippen LogP contribution in [0.4, 0.5) is 23.7 Å². The SMILES string of the molecule is CNC(CC1CN(c2ccc3cc(-c4ccccc4C(F)(F)F)[nH]c(=O)c3c2)C(=O)O1)(C(=O)O)C(=O)CN. The van der Waals surface area contributed by atoms with Gasteiger partial charge in [-0.3, -0.25) is 19.8 Å². The molecular weight excluding hydrogens is 509 g/mol. The third kappa shape index (κ3) is 4.73. The average Bonchev–Trinajstić information content (AvgIpc) is 3.25. The van der Waals surface area contributed by atoms with Crippen molar-refractivity contribution in [2.24, 2.45) is 5.73 Å². The van der Waals surface area contributed by atoms with Crippen molar-refractivity contribution in [1.29, 1.82) is 0 Å². The van der Waals surface area contributed by atoms with E-state index in [-0.39, 0.29) is 35.3 Å². The molecule has 5 N–H and O–H groups in total. The number of ether oxygens (including phenoxy) is 1. The van der Waals surface area contributed by atoms with Crippen molar-refractivity contribution in [2.45, 2.75) is 24.2 Å². The first kappa shape index (κ1) is 26.8. The van der Waals surface area contributed by atoms with Crippen LogP contribution < -0.4 is 21.5 Å². The van der Waals surface area contributed by atoms with Gasteiger partial charge < -0.3 is 20.6 Å². The maximum Gasteiger partial charge on any atom is 0.417 e. The first-order valence-corrected chi connectivity index (χ1v) is 11.4. The number of carbonyl (C=O) groups excluding carboxylic acids is 2. The summed E-state index contributed by atoms with van der Waals surface area (Å²) in [5, 5.41) is 12.6. The highest BCUT2D eigenvalue weighted by molar-refractivity contribution is 6.08. The number of alkyl halides is 3. The predicted octanol–water partition coefficient (Wildman–Crippen LogP) is 2.50. The van der Waals surface area contributed by atoms with Gasteiger partial charge in [0.15, 0.2) is 11.3 Å². The number of nitrogens with zero attached hydrogens (tertiary/aromatic N) is 1. The number of anilines is 1. The van der Waals surface area contributed by atoms with Gasteiger partial charge in [0.05, 0.1) is 18.7 Å². The summed E-state index contributed by atoms with van der Waals surface area (Å²) in [6, 6.07) is 10.6. The highest BCUT2D eigenvalue weighted by atomic mass is 19.4. The molecule has 1 aromatic heterocycles. The summed E-state index contributed by atoms with van der Waals surface area (Å²) in [4.78, 5) is 53.3. The Balaban J connectivity index is 1.65. The number of hydrogen-bond donors (Lipinski definition) is 4. The molecule has 0 saturated carbocycles. The molecule has 1 saturated heterocycles. The molecule has 1 aliphatic rings. The Hall–Kier alpha value is -4.23. The van der Waals surface area contributed by atoms with Gasteiger partial charge in [0, 0.05) is 28.8 Å². The van der Waals surface area contributed by atoms with Crippen LogP contribution in [0.2, 0.25) is 0 Å². The van der Waals surface area contributed by atoms with Gasteiger partial charge in [0.2, 0.25) is 0 Å². The van der Waals surface area contributed by atoms with Crippen LogP contribution in [-0.2, 0) is 20.5 Å². The number of fused-ring (bicyclic) bond motifs is 1. The standard InChI is InChI=1S/C25H23F3N4O6/c1-30-24(22(35)36,20(33)11-29)10-15-12-32(23(37)38-15)14-7-6-13-8-19(31-21(34)17(13)9-14)16-4-2-3-5-18(16)25(26,27)28/h2-9,15,30H,10-12,29H2,1H3,(H,31,34)(H,35,36). The van der Waals surface area contributed by atoms with E-state index in [2.05, 4.69) is 10.3 Å². The van der Waals surface area contributed by atoms with E-state index in [1.165, 1.54) is 54.4 Å². The van der Waals surface area contributed by atoms with E-state index >= 15 is 0 Å². The molecule has 13 heteroatoms. The second-order valence-corrected chi connectivity index (χ2v) is 8.74. The fourth-order valence-corrected chi connectivity index (χ4v) is 4.55. The maximum atomic E-state index is 13.5. The number of aromatic nitrogens is 1. The van der Waals surface area contributed by atoms with Crippen molar-refractivity contribution < 1.29 is 37.4 Å². The second kappa shape index (κ2) is 9.91. The number of amides is 1. The van der Waals surface area contributed by atoms with Gasteiger partial charge in [0.25, 0.3) is 5.56 Å². The van der Waals surface area contributed by atoms with Crippen LogP contribution in [0.15, 0.2) is 53.3 Å². The number of nitrogens with two attached hydrogens (primary N) is 1. The van der Waals surface area contributed by atoms with Crippen molar-refractivity contribution in [1.82, 2.24) is 10.3 Å². The van der Waals surface area contributed by atoms with Crippen LogP contribution in [0.1, 0.15) is 12.0 Å². The van der Waals surface area contributed by atoms with Gasteiger partial charge in [-0.05, 0) is 36.7 Å². The van der Waals surface area contributed by atoms with Gasteiger partial charge in [0.1, 0.15) is 6.10 Å². The summed E-state index contributed by atoms with van der Waals surface area (Å²) in [5.74, 6) is -2.26. The Morgan fingerprint density at radius 2 is 1.89 bits per heavy atom. The summed E-state index contributed by atoms with van der Waals surface area (Å²) >= 11 is 0. The number of aromatic amines is 1. The molecule has 1 amide bonds. The number of likely N-dealkylation sites (N-methyl/N-ethyl adjacent to an activating group) is 1. The summed E-state index contributed by atoms with van der Waals surface area (Å²) in [6.07, 6.45) is -6.82. The number of hydrogen-bond acceptors (Lipinski definition) is 7. The molecule has 2 unspecified atom stereocenters. The van der Waals surface area contributed by atoms with Crippen LogP contribution in [0.25, 0.3) is 22.0 Å². The first-order valence-electron chi connectivity index (χ1n) is 11.4. The molecule has 1 fully saturated rings. The Labute approximate surface area is 213 Å². The number of carboxylic acids is 1. The number of carboxylic acid groups (broad SMARTS) is 1. The fraction of sp³-hybridized carbons (Fsp3) is 0.280. The number of halogens is 3. The van der Waals surface area contributed by atoms with E-state index in [0.717, 1.165) is 6.07 Å². The zero-order valence-corrected chi connectivity index (χ0v) is 20.0. The molecule has 0 radical (unpaired) electrons. The third-order valence-corrected chi connectivity index (χ3v) is 6.53. The van der Waals surface area contributed by atoms with Crippen LogP contribution in [0.5, 0.6) is 0 Å². The molecule has 2 heterocycles. The lowest BCUT2D eigenvalue weighted by atomic mass is 9.87. The van der Waals surface area contributed by atoms with E-state index in [9.17, 15) is 37.5 Å². The molecule has 38 heavy (non-hydrogen) atoms. The molecular formula is C25H23F3N4O6. The Morgan fingerprint density at radius 3 is 2.53 bits per heavy atom. The predicted molar refractivity (Wildman–Crippen MR) is 131 cm³/mol. The number of nitrogens with one attached hydrogen (secondary N) is 2. The lowest BCUT2D eigenvalue weighted by Crippen LogP contribution is -2.60. The number of benzene rings is 2. The fourth-order valence-electron chi connectivity index (χ4n) is 4.55. The Morgan fingerprint density at radius 1 is 1.18 bits per heavy atom. The number of aliphatic carboxylic acids is 1. The molecule has 10 nitrogen and oxygen atoms in total. The van der Waals surface area contributed by atoms with Crippen molar-refractivity contribution in [3.05, 3.63) is 64.4 Å². The minimum absolute atomic E-state index is 0.0227. The normalized spacial score (nSPS) is 17.3. The van der Waals surface area contributed by atoms with Crippen molar-refractivity contribution >= 4 is 34.3 Å². The Kier molecular flexibility index (Phi) is 7.00. The van der Waals surface area contributed by atoms with Crippen LogP contribution in [-0.4, -0.2) is 59.7 Å². The Bertz CT molecular complexity index is 1490. The van der Waals surface area contributed by atoms with E-state index < -0.39 is 53.3 Å². The van der Waals surface area contributed by atoms with Gasteiger partial charge in [-0.25, -0.2) is 9.59 Å². The largest absolute Gasteiger partial charge is 0.480 e. The quantitative estimate of drug-likeness (QED) is 0.323. The van der Waals surface area contributed by atoms with E-state index in [4.69, 9.17) is 10.5 Å². The smallest absolute Gasteiger partial charge is 0.417 e. The number of Topliss-reactive ketones (excluding diaryl/α,β-unsaturated/α-hetero) is 1. The van der Waals surface area contributed by atoms with Crippen molar-refractivity contribution in [2.75, 3.05) is 25.0 Å². The summed E-state index contributed by atoms with van der Waals surface area (Å²) in [6.45, 7) is -0.658. The third-order valence-electron chi connectivity index (χ3n) is 6.53. The van der Waals surface area contributed by atoms with Gasteiger partial charge >= 0.3 is 18.2 Å². The lowest BCUT2D eigenvalue weighted by Gasteiger charge is -2.28. The molecule has 200 valence electrons. The molecule has 0 spiro atoms. The highest BCUT2D eigenvalue weighted by Gasteiger charge is 2.48. The molecule has 3 aromatic rings. The van der Waals surface area contributed by atoms with Crippen molar-refractivity contribution in [3.63, 3.8) is 0 Å².